The molecule has 1 aromatic heterocycles. The van der Waals surface area contributed by atoms with Crippen molar-refractivity contribution in [1.82, 2.24) is 0 Å². The minimum Gasteiger partial charge on any atom is -0.381 e. The topological polar surface area (TPSA) is 35.2 Å². The predicted octanol–water partition coefficient (Wildman–Crippen LogP) is 3.70. The van der Waals surface area contributed by atoms with Gasteiger partial charge in [-0.05, 0) is 44.7 Å². The molecule has 17 heavy (non-hydrogen) atoms. The molecule has 90 valence electrons. The quantitative estimate of drug-likeness (QED) is 0.917. The van der Waals surface area contributed by atoms with E-state index < -0.39 is 0 Å². The van der Waals surface area contributed by atoms with Crippen molar-refractivity contribution in [3.05, 3.63) is 33.6 Å². The number of thiophene rings is 1. The highest BCUT2D eigenvalue weighted by molar-refractivity contribution is 9.10. The molecule has 2 N–H and O–H groups in total. The lowest BCUT2D eigenvalue weighted by molar-refractivity contribution is 0.181. The molecule has 1 aliphatic heterocycles. The van der Waals surface area contributed by atoms with Gasteiger partial charge in [0.1, 0.15) is 0 Å². The maximum atomic E-state index is 6.37. The minimum absolute atomic E-state index is 0.0977. The smallest absolute Gasteiger partial charge is 0.0513 e. The molecular weight excluding hydrogens is 298 g/mol. The van der Waals surface area contributed by atoms with Crippen molar-refractivity contribution in [3.8, 4) is 0 Å². The Kier molecular flexibility index (Phi) is 3.21. The fraction of sp³-hybridized carbons (Fsp3) is 0.385. The van der Waals surface area contributed by atoms with Crippen LogP contribution in [0.1, 0.15) is 18.0 Å². The maximum absolute atomic E-state index is 6.37. The first-order chi connectivity index (χ1) is 8.27. The third-order valence-corrected chi connectivity index (χ3v) is 5.38. The van der Waals surface area contributed by atoms with Crippen molar-refractivity contribution in [2.45, 2.75) is 12.5 Å². The lowest BCUT2D eigenvalue weighted by atomic mass is 9.93. The summed E-state index contributed by atoms with van der Waals surface area (Å²) in [5.41, 5.74) is 7.64. The van der Waals surface area contributed by atoms with E-state index in [1.165, 1.54) is 15.6 Å². The Morgan fingerprint density at radius 1 is 1.47 bits per heavy atom. The third-order valence-electron chi connectivity index (χ3n) is 3.41. The molecule has 0 amide bonds. The van der Waals surface area contributed by atoms with Crippen LogP contribution in [0.25, 0.3) is 10.1 Å². The molecule has 1 fully saturated rings. The standard InChI is InChI=1S/C13H14BrNOS/c14-11-3-1-2-9-10(7-17-13(9)11)12(15)8-4-5-16-6-8/h1-3,7-8,12H,4-6,15H2. The minimum atomic E-state index is 0.0977. The summed E-state index contributed by atoms with van der Waals surface area (Å²) in [5.74, 6) is 0.465. The number of hydrogen-bond donors (Lipinski definition) is 1. The van der Waals surface area contributed by atoms with Gasteiger partial charge in [-0.25, -0.2) is 0 Å². The molecule has 2 atom stereocenters. The Morgan fingerprint density at radius 3 is 3.12 bits per heavy atom. The van der Waals surface area contributed by atoms with Gasteiger partial charge >= 0.3 is 0 Å². The summed E-state index contributed by atoms with van der Waals surface area (Å²) in [5, 5.41) is 3.47. The average Bonchev–Trinajstić information content (AvgIpc) is 2.98. The molecule has 4 heteroatoms. The van der Waals surface area contributed by atoms with Gasteiger partial charge < -0.3 is 10.5 Å². The lowest BCUT2D eigenvalue weighted by Crippen LogP contribution is -2.21. The Hall–Kier alpha value is -0.420. The van der Waals surface area contributed by atoms with Crippen LogP contribution in [0.15, 0.2) is 28.1 Å². The van der Waals surface area contributed by atoms with Gasteiger partial charge in [0, 0.05) is 27.7 Å². The van der Waals surface area contributed by atoms with Crippen LogP contribution in [0.5, 0.6) is 0 Å². The number of halogens is 1. The monoisotopic (exact) mass is 311 g/mol. The molecule has 0 radical (unpaired) electrons. The van der Waals surface area contributed by atoms with E-state index in [1.807, 2.05) is 0 Å². The fourth-order valence-corrected chi connectivity index (χ4v) is 4.06. The van der Waals surface area contributed by atoms with Crippen molar-refractivity contribution in [2.24, 2.45) is 11.7 Å². The Balaban J connectivity index is 2.02. The van der Waals surface area contributed by atoms with Crippen LogP contribution < -0.4 is 5.73 Å². The second-order valence-electron chi connectivity index (χ2n) is 4.46. The van der Waals surface area contributed by atoms with Crippen LogP contribution >= 0.6 is 27.3 Å². The van der Waals surface area contributed by atoms with Crippen LogP contribution in [0.4, 0.5) is 0 Å². The van der Waals surface area contributed by atoms with E-state index in [1.54, 1.807) is 11.3 Å². The summed E-state index contributed by atoms with van der Waals surface area (Å²) >= 11 is 5.35. The van der Waals surface area contributed by atoms with E-state index in [-0.39, 0.29) is 6.04 Å². The van der Waals surface area contributed by atoms with Gasteiger partial charge in [0.25, 0.3) is 0 Å². The first kappa shape index (κ1) is 11.7. The third kappa shape index (κ3) is 2.03. The van der Waals surface area contributed by atoms with Gasteiger partial charge in [0.15, 0.2) is 0 Å². The summed E-state index contributed by atoms with van der Waals surface area (Å²) in [7, 11) is 0. The van der Waals surface area contributed by atoms with Gasteiger partial charge in [-0.1, -0.05) is 12.1 Å². The molecule has 2 unspecified atom stereocenters. The van der Waals surface area contributed by atoms with Gasteiger partial charge in [-0.3, -0.25) is 0 Å². The second-order valence-corrected chi connectivity index (χ2v) is 6.19. The molecular formula is C13H14BrNOS. The second kappa shape index (κ2) is 4.69. The van der Waals surface area contributed by atoms with Crippen molar-refractivity contribution in [2.75, 3.05) is 13.2 Å². The van der Waals surface area contributed by atoms with Crippen LogP contribution in [-0.2, 0) is 4.74 Å². The van der Waals surface area contributed by atoms with Gasteiger partial charge in [0.05, 0.1) is 6.61 Å². The number of nitrogens with two attached hydrogens (primary N) is 1. The molecule has 2 heterocycles. The largest absolute Gasteiger partial charge is 0.381 e. The number of hydrogen-bond acceptors (Lipinski definition) is 3. The maximum Gasteiger partial charge on any atom is 0.0513 e. The molecule has 1 aromatic carbocycles. The molecule has 0 saturated carbocycles. The molecule has 3 rings (SSSR count). The van der Waals surface area contributed by atoms with E-state index in [0.717, 1.165) is 24.1 Å². The van der Waals surface area contributed by atoms with E-state index in [2.05, 4.69) is 39.5 Å². The molecule has 1 saturated heterocycles. The molecule has 2 aromatic rings. The number of rotatable bonds is 2. The SMILES string of the molecule is NC(c1csc2c(Br)cccc12)C1CCOC1. The number of fused-ring (bicyclic) bond motifs is 1. The fourth-order valence-electron chi connectivity index (χ4n) is 2.39. The van der Waals surface area contributed by atoms with Crippen molar-refractivity contribution in [1.29, 1.82) is 0 Å². The van der Waals surface area contributed by atoms with Crippen molar-refractivity contribution < 1.29 is 4.74 Å². The predicted molar refractivity (Wildman–Crippen MR) is 75.4 cm³/mol. The average molecular weight is 312 g/mol. The molecule has 0 aliphatic carbocycles. The zero-order chi connectivity index (χ0) is 11.8. The van der Waals surface area contributed by atoms with Gasteiger partial charge in [-0.15, -0.1) is 11.3 Å². The first-order valence-electron chi connectivity index (χ1n) is 5.76. The van der Waals surface area contributed by atoms with Crippen LogP contribution in [0.2, 0.25) is 0 Å². The summed E-state index contributed by atoms with van der Waals surface area (Å²) in [6.45, 7) is 1.65. The van der Waals surface area contributed by atoms with Gasteiger partial charge in [0.2, 0.25) is 0 Å². The summed E-state index contributed by atoms with van der Waals surface area (Å²) in [4.78, 5) is 0. The highest BCUT2D eigenvalue weighted by Crippen LogP contribution is 2.37. The Bertz CT molecular complexity index is 533. The Labute approximate surface area is 113 Å². The zero-order valence-corrected chi connectivity index (χ0v) is 11.8. The van der Waals surface area contributed by atoms with Crippen molar-refractivity contribution in [3.63, 3.8) is 0 Å². The lowest BCUT2D eigenvalue weighted by Gasteiger charge is -2.17. The number of ether oxygens (including phenoxy) is 1. The highest BCUT2D eigenvalue weighted by atomic mass is 79.9. The van der Waals surface area contributed by atoms with Crippen LogP contribution in [0.3, 0.4) is 0 Å². The van der Waals surface area contributed by atoms with E-state index in [9.17, 15) is 0 Å². The molecule has 1 aliphatic rings. The normalized spacial score (nSPS) is 22.1. The number of benzene rings is 1. The summed E-state index contributed by atoms with van der Waals surface area (Å²) in [6, 6.07) is 6.40. The molecule has 0 spiro atoms. The van der Waals surface area contributed by atoms with Crippen LogP contribution in [-0.4, -0.2) is 13.2 Å². The van der Waals surface area contributed by atoms with E-state index >= 15 is 0 Å². The van der Waals surface area contributed by atoms with Crippen molar-refractivity contribution >= 4 is 37.4 Å². The summed E-state index contributed by atoms with van der Waals surface area (Å²) in [6.07, 6.45) is 1.08. The van der Waals surface area contributed by atoms with Crippen LogP contribution in [0, 0.1) is 5.92 Å². The molecule has 0 bridgehead atoms. The zero-order valence-electron chi connectivity index (χ0n) is 9.36. The molecule has 2 nitrogen and oxygen atoms in total. The van der Waals surface area contributed by atoms with Gasteiger partial charge in [-0.2, -0.15) is 0 Å². The Morgan fingerprint density at radius 2 is 2.35 bits per heavy atom. The highest BCUT2D eigenvalue weighted by Gasteiger charge is 2.26. The summed E-state index contributed by atoms with van der Waals surface area (Å²) < 4.78 is 7.87. The van der Waals surface area contributed by atoms with E-state index in [4.69, 9.17) is 10.5 Å². The van der Waals surface area contributed by atoms with E-state index in [0.29, 0.717) is 5.92 Å². The first-order valence-corrected chi connectivity index (χ1v) is 7.43.